The third-order valence-corrected chi connectivity index (χ3v) is 2.81. The first-order valence-corrected chi connectivity index (χ1v) is 5.70. The van der Waals surface area contributed by atoms with E-state index >= 15 is 0 Å². The second-order valence-corrected chi connectivity index (χ2v) is 4.69. The maximum Gasteiger partial charge on any atom is 0.168 e. The van der Waals surface area contributed by atoms with Crippen molar-refractivity contribution in [2.24, 2.45) is 0 Å². The predicted octanol–water partition coefficient (Wildman–Crippen LogP) is 1.72. The minimum Gasteiger partial charge on any atom is -0.351 e. The van der Waals surface area contributed by atoms with Crippen molar-refractivity contribution < 1.29 is 4.39 Å². The maximum atomic E-state index is 13.7. The molecule has 0 unspecified atom stereocenters. The minimum atomic E-state index is -0.189. The van der Waals surface area contributed by atoms with Gasteiger partial charge < -0.3 is 10.2 Å². The van der Waals surface area contributed by atoms with Crippen molar-refractivity contribution >= 4 is 5.82 Å². The highest BCUT2D eigenvalue weighted by atomic mass is 19.1. The summed E-state index contributed by atoms with van der Waals surface area (Å²) < 4.78 is 13.7. The largest absolute Gasteiger partial charge is 0.351 e. The van der Waals surface area contributed by atoms with E-state index in [1.807, 2.05) is 4.90 Å². The second kappa shape index (κ2) is 4.37. The highest BCUT2D eigenvalue weighted by molar-refractivity contribution is 5.46. The summed E-state index contributed by atoms with van der Waals surface area (Å²) in [5.41, 5.74) is 0.658. The van der Waals surface area contributed by atoms with E-state index in [9.17, 15) is 4.39 Å². The number of hydrogen-bond donors (Lipinski definition) is 1. The Hall–Kier alpha value is -1.16. The summed E-state index contributed by atoms with van der Waals surface area (Å²) in [5, 5.41) is 3.42. The minimum absolute atomic E-state index is 0.189. The Balaban J connectivity index is 1.99. The molecule has 0 radical (unpaired) electrons. The molecule has 0 atom stereocenters. The van der Waals surface area contributed by atoms with Gasteiger partial charge in [-0.15, -0.1) is 0 Å². The summed E-state index contributed by atoms with van der Waals surface area (Å²) in [6.07, 6.45) is 1.66. The molecule has 0 aromatic carbocycles. The van der Waals surface area contributed by atoms with Gasteiger partial charge in [0.25, 0.3) is 0 Å². The van der Waals surface area contributed by atoms with E-state index in [1.54, 1.807) is 19.2 Å². The van der Waals surface area contributed by atoms with Crippen LogP contribution in [0.2, 0.25) is 0 Å². The van der Waals surface area contributed by atoms with Crippen LogP contribution >= 0.6 is 0 Å². The van der Waals surface area contributed by atoms with Gasteiger partial charge in [0.05, 0.1) is 0 Å². The van der Waals surface area contributed by atoms with Crippen LogP contribution in [-0.2, 0) is 0 Å². The molecule has 2 heterocycles. The van der Waals surface area contributed by atoms with Crippen molar-refractivity contribution in [3.8, 4) is 0 Å². The average Bonchev–Trinajstić information content (AvgIpc) is 2.16. The molecule has 0 amide bonds. The zero-order valence-electron chi connectivity index (χ0n) is 10.00. The first-order valence-electron chi connectivity index (χ1n) is 5.70. The molecule has 1 fully saturated rings. The summed E-state index contributed by atoms with van der Waals surface area (Å²) in [6.45, 7) is 7.68. The quantitative estimate of drug-likeness (QED) is 0.845. The summed E-state index contributed by atoms with van der Waals surface area (Å²) in [5.74, 6) is 0.298. The van der Waals surface area contributed by atoms with Crippen LogP contribution in [0.1, 0.15) is 19.4 Å². The van der Waals surface area contributed by atoms with E-state index in [0.717, 1.165) is 13.1 Å². The molecule has 0 saturated carbocycles. The first kappa shape index (κ1) is 11.3. The van der Waals surface area contributed by atoms with Crippen molar-refractivity contribution in [2.45, 2.75) is 32.9 Å². The van der Waals surface area contributed by atoms with Crippen molar-refractivity contribution in [3.05, 3.63) is 23.6 Å². The van der Waals surface area contributed by atoms with Gasteiger partial charge in [-0.25, -0.2) is 9.37 Å². The molecule has 0 aliphatic carbocycles. The van der Waals surface area contributed by atoms with Gasteiger partial charge in [-0.2, -0.15) is 0 Å². The van der Waals surface area contributed by atoms with Crippen molar-refractivity contribution in [1.82, 2.24) is 10.3 Å². The topological polar surface area (TPSA) is 28.2 Å². The van der Waals surface area contributed by atoms with Gasteiger partial charge in [0, 0.05) is 31.4 Å². The maximum absolute atomic E-state index is 13.7. The van der Waals surface area contributed by atoms with Gasteiger partial charge in [-0.05, 0) is 18.6 Å². The van der Waals surface area contributed by atoms with E-state index in [0.29, 0.717) is 23.5 Å². The zero-order valence-corrected chi connectivity index (χ0v) is 10.00. The Morgan fingerprint density at radius 2 is 2.19 bits per heavy atom. The molecule has 1 N–H and O–H groups in total. The van der Waals surface area contributed by atoms with E-state index < -0.39 is 0 Å². The lowest BCUT2D eigenvalue weighted by atomic mass is 10.1. The number of anilines is 1. The Morgan fingerprint density at radius 3 is 2.81 bits per heavy atom. The number of pyridine rings is 1. The molecule has 0 bridgehead atoms. The summed E-state index contributed by atoms with van der Waals surface area (Å²) in [4.78, 5) is 6.07. The Morgan fingerprint density at radius 1 is 1.50 bits per heavy atom. The molecule has 1 aromatic rings. The zero-order chi connectivity index (χ0) is 11.7. The van der Waals surface area contributed by atoms with Crippen LogP contribution in [0, 0.1) is 12.7 Å². The second-order valence-electron chi connectivity index (χ2n) is 4.69. The molecule has 4 heteroatoms. The van der Waals surface area contributed by atoms with Gasteiger partial charge in [-0.3, -0.25) is 0 Å². The number of aryl methyl sites for hydroxylation is 1. The van der Waals surface area contributed by atoms with Gasteiger partial charge in [-0.1, -0.05) is 13.8 Å². The number of hydrogen-bond acceptors (Lipinski definition) is 3. The molecular weight excluding hydrogens is 205 g/mol. The van der Waals surface area contributed by atoms with Crippen LogP contribution in [0.15, 0.2) is 12.3 Å². The lowest BCUT2D eigenvalue weighted by molar-refractivity contribution is 0.383. The molecule has 3 nitrogen and oxygen atoms in total. The number of aromatic nitrogens is 1. The van der Waals surface area contributed by atoms with Crippen molar-refractivity contribution in [3.63, 3.8) is 0 Å². The fourth-order valence-corrected chi connectivity index (χ4v) is 1.97. The number of nitrogens with zero attached hydrogens (tertiary/aromatic N) is 2. The van der Waals surface area contributed by atoms with E-state index in [1.165, 1.54) is 0 Å². The fraction of sp³-hybridized carbons (Fsp3) is 0.583. The summed E-state index contributed by atoms with van der Waals surface area (Å²) >= 11 is 0. The molecule has 1 aliphatic rings. The molecule has 0 spiro atoms. The van der Waals surface area contributed by atoms with Gasteiger partial charge in [0.2, 0.25) is 0 Å². The summed E-state index contributed by atoms with van der Waals surface area (Å²) in [7, 11) is 0. The Labute approximate surface area is 95.7 Å². The highest BCUT2D eigenvalue weighted by Crippen LogP contribution is 2.23. The molecule has 1 saturated heterocycles. The SMILES string of the molecule is Cc1ccnc(N2CC(NC(C)C)C2)c1F. The summed E-state index contributed by atoms with van der Waals surface area (Å²) in [6, 6.07) is 2.63. The predicted molar refractivity (Wildman–Crippen MR) is 63.2 cm³/mol. The van der Waals surface area contributed by atoms with Crippen molar-refractivity contribution in [1.29, 1.82) is 0 Å². The molecular formula is C12H18FN3. The number of rotatable bonds is 3. The lowest BCUT2D eigenvalue weighted by Crippen LogP contribution is -2.60. The average molecular weight is 223 g/mol. The standard InChI is InChI=1S/C12H18FN3/c1-8(2)15-10-6-16(7-10)12-11(13)9(3)4-5-14-12/h4-5,8,10,15H,6-7H2,1-3H3. The molecule has 88 valence electrons. The van der Waals surface area contributed by atoms with Crippen LogP contribution in [0.3, 0.4) is 0 Å². The monoisotopic (exact) mass is 223 g/mol. The smallest absolute Gasteiger partial charge is 0.168 e. The molecule has 16 heavy (non-hydrogen) atoms. The highest BCUT2D eigenvalue weighted by Gasteiger charge is 2.29. The Bertz CT molecular complexity index is 373. The van der Waals surface area contributed by atoms with Crippen LogP contribution in [-0.4, -0.2) is 30.2 Å². The lowest BCUT2D eigenvalue weighted by Gasteiger charge is -2.41. The van der Waals surface area contributed by atoms with Crippen LogP contribution in [0.25, 0.3) is 0 Å². The van der Waals surface area contributed by atoms with Crippen LogP contribution < -0.4 is 10.2 Å². The normalized spacial score (nSPS) is 16.7. The van der Waals surface area contributed by atoms with E-state index in [4.69, 9.17) is 0 Å². The van der Waals surface area contributed by atoms with Gasteiger partial charge in [0.15, 0.2) is 11.6 Å². The molecule has 2 rings (SSSR count). The van der Waals surface area contributed by atoms with Crippen LogP contribution in [0.5, 0.6) is 0 Å². The third-order valence-electron chi connectivity index (χ3n) is 2.81. The number of nitrogens with one attached hydrogen (secondary N) is 1. The molecule has 1 aromatic heterocycles. The fourth-order valence-electron chi connectivity index (χ4n) is 1.97. The first-order chi connectivity index (χ1) is 7.58. The van der Waals surface area contributed by atoms with E-state index in [-0.39, 0.29) is 5.82 Å². The van der Waals surface area contributed by atoms with Crippen LogP contribution in [0.4, 0.5) is 10.2 Å². The number of halogens is 1. The van der Waals surface area contributed by atoms with Crippen molar-refractivity contribution in [2.75, 3.05) is 18.0 Å². The van der Waals surface area contributed by atoms with Gasteiger partial charge >= 0.3 is 0 Å². The molecule has 1 aliphatic heterocycles. The third kappa shape index (κ3) is 2.16. The van der Waals surface area contributed by atoms with Gasteiger partial charge in [0.1, 0.15) is 0 Å². The van der Waals surface area contributed by atoms with E-state index in [2.05, 4.69) is 24.1 Å². The Kier molecular flexibility index (Phi) is 3.10.